The molecule has 0 amide bonds. The number of aryl methyl sites for hydroxylation is 1. The summed E-state index contributed by atoms with van der Waals surface area (Å²) in [6.07, 6.45) is 2.25. The molecule has 0 bridgehead atoms. The van der Waals surface area contributed by atoms with Crippen molar-refractivity contribution >= 4 is 0 Å². The van der Waals surface area contributed by atoms with Crippen LogP contribution in [0.2, 0.25) is 0 Å². The molecule has 0 spiro atoms. The highest BCUT2D eigenvalue weighted by Crippen LogP contribution is 2.13. The van der Waals surface area contributed by atoms with Crippen molar-refractivity contribution in [2.24, 2.45) is 0 Å². The lowest BCUT2D eigenvalue weighted by molar-refractivity contribution is 0.221. The summed E-state index contributed by atoms with van der Waals surface area (Å²) >= 11 is 0. The molecule has 0 unspecified atom stereocenters. The molecular weight excluding hydrogens is 170 g/mol. The zero-order valence-electron chi connectivity index (χ0n) is 9.87. The van der Waals surface area contributed by atoms with E-state index in [4.69, 9.17) is 1.37 Å². The Morgan fingerprint density at radius 1 is 1.21 bits per heavy atom. The van der Waals surface area contributed by atoms with Gasteiger partial charge >= 0.3 is 0 Å². The first-order valence-electron chi connectivity index (χ1n) is 6.02. The van der Waals surface area contributed by atoms with Crippen LogP contribution >= 0.6 is 0 Å². The molecule has 1 fully saturated rings. The Bertz CT molecular complexity index is 299. The number of nitrogens with zero attached hydrogens (tertiary/aromatic N) is 1. The molecule has 1 nitrogen and oxygen atoms in total. The SMILES string of the molecule is [2H]C1CCN(Cc2ccc(C)cc2)CC1. The van der Waals surface area contributed by atoms with Crippen molar-refractivity contribution in [3.63, 3.8) is 0 Å². The first-order valence-corrected chi connectivity index (χ1v) is 5.44. The summed E-state index contributed by atoms with van der Waals surface area (Å²) in [5.41, 5.74) is 2.72. The van der Waals surface area contributed by atoms with Gasteiger partial charge in [0.05, 0.1) is 0 Å². The van der Waals surface area contributed by atoms with E-state index in [0.717, 1.165) is 32.5 Å². The number of hydrogen-bond acceptors (Lipinski definition) is 1. The fraction of sp³-hybridized carbons (Fsp3) is 0.538. The van der Waals surface area contributed by atoms with Gasteiger partial charge in [0.1, 0.15) is 0 Å². The molecule has 1 aromatic rings. The van der Waals surface area contributed by atoms with Crippen LogP contribution in [-0.2, 0) is 6.54 Å². The van der Waals surface area contributed by atoms with Crippen LogP contribution in [0.3, 0.4) is 0 Å². The molecule has 0 radical (unpaired) electrons. The highest BCUT2D eigenvalue weighted by atomic mass is 15.1. The standard InChI is InChI=1S/C13H19N/c1-12-5-7-13(8-6-12)11-14-9-3-2-4-10-14/h5-8H,2-4,9-11H2,1H3/i2D. The number of hydrogen-bond donors (Lipinski definition) is 0. The fourth-order valence-corrected chi connectivity index (χ4v) is 1.91. The molecule has 0 N–H and O–H groups in total. The largest absolute Gasteiger partial charge is 0.299 e. The predicted molar refractivity (Wildman–Crippen MR) is 60.3 cm³/mol. The number of benzene rings is 1. The van der Waals surface area contributed by atoms with Crippen molar-refractivity contribution in [2.45, 2.75) is 32.7 Å². The third-order valence-electron chi connectivity index (χ3n) is 2.83. The Balaban J connectivity index is 1.89. The number of likely N-dealkylation sites (tertiary alicyclic amines) is 1. The normalized spacial score (nSPS) is 20.8. The third kappa shape index (κ3) is 2.58. The van der Waals surface area contributed by atoms with Crippen LogP contribution in [0, 0.1) is 6.92 Å². The highest BCUT2D eigenvalue weighted by molar-refractivity contribution is 5.21. The van der Waals surface area contributed by atoms with E-state index in [-0.39, 0.29) is 6.40 Å². The van der Waals surface area contributed by atoms with Crippen LogP contribution in [0.5, 0.6) is 0 Å². The Labute approximate surface area is 88.1 Å². The Kier molecular flexibility index (Phi) is 2.79. The second kappa shape index (κ2) is 4.61. The topological polar surface area (TPSA) is 3.24 Å². The molecule has 1 heteroatoms. The Hall–Kier alpha value is -0.820. The summed E-state index contributed by atoms with van der Waals surface area (Å²) in [6.45, 7) is 5.34. The minimum absolute atomic E-state index is 0.180. The van der Waals surface area contributed by atoms with Crippen molar-refractivity contribution in [2.75, 3.05) is 13.1 Å². The van der Waals surface area contributed by atoms with Crippen LogP contribution in [0.4, 0.5) is 0 Å². The lowest BCUT2D eigenvalue weighted by atomic mass is 10.1. The molecule has 14 heavy (non-hydrogen) atoms. The van der Waals surface area contributed by atoms with Gasteiger partial charge in [0.25, 0.3) is 0 Å². The number of piperidine rings is 1. The maximum atomic E-state index is 7.64. The fourth-order valence-electron chi connectivity index (χ4n) is 1.91. The minimum Gasteiger partial charge on any atom is -0.299 e. The minimum atomic E-state index is 0.180. The summed E-state index contributed by atoms with van der Waals surface area (Å²) in [5, 5.41) is 0. The smallest absolute Gasteiger partial charge is 0.0267 e. The molecule has 1 aliphatic rings. The molecule has 1 saturated heterocycles. The van der Waals surface area contributed by atoms with E-state index in [1.165, 1.54) is 11.1 Å². The van der Waals surface area contributed by atoms with Gasteiger partial charge in [-0.05, 0) is 38.4 Å². The molecular formula is C13H19N. The van der Waals surface area contributed by atoms with Crippen LogP contribution in [0.1, 0.15) is 31.7 Å². The van der Waals surface area contributed by atoms with Gasteiger partial charge in [-0.15, -0.1) is 0 Å². The Morgan fingerprint density at radius 3 is 2.50 bits per heavy atom. The lowest BCUT2D eigenvalue weighted by Gasteiger charge is -2.26. The maximum absolute atomic E-state index is 7.64. The van der Waals surface area contributed by atoms with Gasteiger partial charge in [0.2, 0.25) is 0 Å². The highest BCUT2D eigenvalue weighted by Gasteiger charge is 2.09. The monoisotopic (exact) mass is 190 g/mol. The predicted octanol–water partition coefficient (Wildman–Crippen LogP) is 2.98. The molecule has 76 valence electrons. The summed E-state index contributed by atoms with van der Waals surface area (Å²) in [7, 11) is 0. The van der Waals surface area contributed by atoms with Crippen LogP contribution in [0.25, 0.3) is 0 Å². The molecule has 0 atom stereocenters. The van der Waals surface area contributed by atoms with Gasteiger partial charge in [0.15, 0.2) is 0 Å². The number of rotatable bonds is 2. The molecule has 2 rings (SSSR count). The van der Waals surface area contributed by atoms with Crippen LogP contribution in [-0.4, -0.2) is 18.0 Å². The zero-order chi connectivity index (χ0) is 10.7. The molecule has 0 aromatic heterocycles. The van der Waals surface area contributed by atoms with Crippen molar-refractivity contribution in [1.29, 1.82) is 0 Å². The molecule has 0 aliphatic carbocycles. The van der Waals surface area contributed by atoms with Crippen molar-refractivity contribution in [3.05, 3.63) is 35.4 Å². The molecule has 1 aliphatic heterocycles. The van der Waals surface area contributed by atoms with Crippen molar-refractivity contribution < 1.29 is 1.37 Å². The van der Waals surface area contributed by atoms with Gasteiger partial charge < -0.3 is 0 Å². The third-order valence-corrected chi connectivity index (χ3v) is 2.83. The van der Waals surface area contributed by atoms with E-state index in [1.807, 2.05) is 0 Å². The average molecular weight is 190 g/mol. The molecule has 1 aromatic carbocycles. The Morgan fingerprint density at radius 2 is 1.86 bits per heavy atom. The van der Waals surface area contributed by atoms with Gasteiger partial charge in [-0.25, -0.2) is 0 Å². The van der Waals surface area contributed by atoms with E-state index < -0.39 is 0 Å². The van der Waals surface area contributed by atoms with Gasteiger partial charge in [-0.1, -0.05) is 36.2 Å². The molecule has 1 heterocycles. The van der Waals surface area contributed by atoms with E-state index in [2.05, 4.69) is 36.1 Å². The van der Waals surface area contributed by atoms with E-state index in [9.17, 15) is 0 Å². The van der Waals surface area contributed by atoms with Crippen molar-refractivity contribution in [3.8, 4) is 0 Å². The van der Waals surface area contributed by atoms with Crippen LogP contribution < -0.4 is 0 Å². The average Bonchev–Trinajstić information content (AvgIpc) is 2.25. The van der Waals surface area contributed by atoms with E-state index >= 15 is 0 Å². The second-order valence-corrected chi connectivity index (χ2v) is 4.13. The maximum Gasteiger partial charge on any atom is 0.0267 e. The van der Waals surface area contributed by atoms with Gasteiger partial charge in [0, 0.05) is 7.92 Å². The van der Waals surface area contributed by atoms with Gasteiger partial charge in [-0.3, -0.25) is 4.90 Å². The summed E-state index contributed by atoms with van der Waals surface area (Å²) < 4.78 is 7.64. The van der Waals surface area contributed by atoms with E-state index in [1.54, 1.807) is 0 Å². The summed E-state index contributed by atoms with van der Waals surface area (Å²) in [4.78, 5) is 2.45. The second-order valence-electron chi connectivity index (χ2n) is 4.13. The lowest BCUT2D eigenvalue weighted by Crippen LogP contribution is -2.28. The quantitative estimate of drug-likeness (QED) is 0.693. The first-order chi connectivity index (χ1) is 7.24. The van der Waals surface area contributed by atoms with Crippen LogP contribution in [0.15, 0.2) is 24.3 Å². The first kappa shape index (κ1) is 8.49. The zero-order valence-corrected chi connectivity index (χ0v) is 8.87. The summed E-state index contributed by atoms with van der Waals surface area (Å²) in [6, 6.07) is 8.77. The summed E-state index contributed by atoms with van der Waals surface area (Å²) in [5.74, 6) is 0. The molecule has 0 saturated carbocycles. The van der Waals surface area contributed by atoms with E-state index in [0.29, 0.717) is 0 Å². The van der Waals surface area contributed by atoms with Gasteiger partial charge in [-0.2, -0.15) is 0 Å². The van der Waals surface area contributed by atoms with Crippen molar-refractivity contribution in [1.82, 2.24) is 4.90 Å².